The molecule has 0 saturated heterocycles. The Morgan fingerprint density at radius 2 is 1.84 bits per heavy atom. The lowest BCUT2D eigenvalue weighted by Crippen LogP contribution is -2.55. The van der Waals surface area contributed by atoms with Gasteiger partial charge in [-0.3, -0.25) is 0 Å². The van der Waals surface area contributed by atoms with Crippen LogP contribution in [0.25, 0.3) is 0 Å². The van der Waals surface area contributed by atoms with E-state index in [4.69, 9.17) is 5.11 Å². The van der Waals surface area contributed by atoms with Gasteiger partial charge in [0.05, 0.1) is 0 Å². The molecule has 1 aromatic carbocycles. The van der Waals surface area contributed by atoms with Crippen LogP contribution in [0.5, 0.6) is 0 Å². The molecule has 1 aromatic rings. The van der Waals surface area contributed by atoms with Gasteiger partial charge in [-0.25, -0.2) is 22.4 Å². The van der Waals surface area contributed by atoms with E-state index in [0.29, 0.717) is 0 Å². The van der Waals surface area contributed by atoms with Crippen molar-refractivity contribution in [2.24, 2.45) is 0 Å². The van der Waals surface area contributed by atoms with Crippen molar-refractivity contribution in [1.82, 2.24) is 4.72 Å². The van der Waals surface area contributed by atoms with Gasteiger partial charge < -0.3 is 9.66 Å². The van der Waals surface area contributed by atoms with Crippen LogP contribution < -0.4 is 4.72 Å². The maximum absolute atomic E-state index is 14.8. The van der Waals surface area contributed by atoms with Gasteiger partial charge in [0.2, 0.25) is 0 Å². The number of hydrogen-bond acceptors (Lipinski definition) is 3. The Labute approximate surface area is 146 Å². The molecular weight excluding hydrogens is 362 g/mol. The predicted octanol–water partition coefficient (Wildman–Crippen LogP) is 3.38. The molecule has 0 heterocycles. The van der Waals surface area contributed by atoms with Crippen LogP contribution in [0.15, 0.2) is 18.2 Å². The van der Waals surface area contributed by atoms with Crippen LogP contribution in [0.1, 0.15) is 39.7 Å². The van der Waals surface area contributed by atoms with E-state index >= 15 is 0 Å². The lowest BCUT2D eigenvalue weighted by Gasteiger charge is -2.37. The van der Waals surface area contributed by atoms with E-state index in [1.54, 1.807) is 20.8 Å². The molecule has 0 aliphatic carbocycles. The molecule has 0 aromatic heterocycles. The highest BCUT2D eigenvalue weighted by molar-refractivity contribution is 7.90. The molecule has 4 atom stereocenters. The van der Waals surface area contributed by atoms with Crippen molar-refractivity contribution in [3.63, 3.8) is 0 Å². The molecule has 4 nitrogen and oxygen atoms in total. The van der Waals surface area contributed by atoms with E-state index in [1.807, 2.05) is 0 Å². The highest BCUT2D eigenvalue weighted by Crippen LogP contribution is 2.35. The SMILES string of the molecule is CC(C)(C)[S+]([O-])N[C@](C)(c1cccc(F)c1F)[C@@H](F)C[C@@H](F)C(=O)O. The predicted molar refractivity (Wildman–Crippen MR) is 86.8 cm³/mol. The molecule has 0 radical (unpaired) electrons. The van der Waals surface area contributed by atoms with E-state index in [-0.39, 0.29) is 0 Å². The summed E-state index contributed by atoms with van der Waals surface area (Å²) in [6, 6.07) is 3.03. The van der Waals surface area contributed by atoms with E-state index in [1.165, 1.54) is 0 Å². The second-order valence-electron chi connectivity index (χ2n) is 6.80. The molecule has 0 fully saturated rings. The molecule has 1 unspecified atom stereocenters. The van der Waals surface area contributed by atoms with E-state index in [0.717, 1.165) is 25.1 Å². The zero-order chi connectivity index (χ0) is 19.6. The Hall–Kier alpha value is -1.32. The third-order valence-corrected chi connectivity index (χ3v) is 5.40. The van der Waals surface area contributed by atoms with Gasteiger partial charge in [-0.05, 0) is 33.8 Å². The summed E-state index contributed by atoms with van der Waals surface area (Å²) in [6.07, 6.45) is -5.95. The lowest BCUT2D eigenvalue weighted by molar-refractivity contribution is -0.143. The summed E-state index contributed by atoms with van der Waals surface area (Å²) in [4.78, 5) is 10.6. The summed E-state index contributed by atoms with van der Waals surface area (Å²) in [5, 5.41) is 8.62. The molecular formula is C16H21F4NO3S. The third kappa shape index (κ3) is 5.08. The van der Waals surface area contributed by atoms with Crippen molar-refractivity contribution in [3.05, 3.63) is 35.4 Å². The maximum atomic E-state index is 14.8. The first-order valence-corrected chi connectivity index (χ1v) is 8.60. The van der Waals surface area contributed by atoms with Gasteiger partial charge in [-0.2, -0.15) is 0 Å². The average molecular weight is 383 g/mol. The van der Waals surface area contributed by atoms with Crippen LogP contribution in [0.4, 0.5) is 17.6 Å². The molecule has 9 heteroatoms. The first-order valence-electron chi connectivity index (χ1n) is 7.45. The number of rotatable bonds is 7. The highest BCUT2D eigenvalue weighted by Gasteiger charge is 2.46. The Bertz CT molecular complexity index is 626. The Kier molecular flexibility index (Phi) is 6.88. The Morgan fingerprint density at radius 3 is 2.32 bits per heavy atom. The molecule has 25 heavy (non-hydrogen) atoms. The Balaban J connectivity index is 3.35. The van der Waals surface area contributed by atoms with Crippen LogP contribution in [0.2, 0.25) is 0 Å². The molecule has 0 aliphatic rings. The fraction of sp³-hybridized carbons (Fsp3) is 0.562. The summed E-state index contributed by atoms with van der Waals surface area (Å²) in [5.41, 5.74) is -2.61. The number of nitrogens with one attached hydrogen (secondary N) is 1. The van der Waals surface area contributed by atoms with Crippen molar-refractivity contribution < 1.29 is 32.0 Å². The van der Waals surface area contributed by atoms with E-state index < -0.39 is 63.6 Å². The smallest absolute Gasteiger partial charge is 0.338 e. The zero-order valence-electron chi connectivity index (χ0n) is 14.3. The van der Waals surface area contributed by atoms with Crippen molar-refractivity contribution >= 4 is 17.3 Å². The van der Waals surface area contributed by atoms with Crippen molar-refractivity contribution in [2.45, 2.75) is 56.7 Å². The van der Waals surface area contributed by atoms with Crippen LogP contribution in [0, 0.1) is 11.6 Å². The molecule has 142 valence electrons. The summed E-state index contributed by atoms with van der Waals surface area (Å²) in [6.45, 7) is 5.80. The minimum atomic E-state index is -2.55. The van der Waals surface area contributed by atoms with Gasteiger partial charge in [0, 0.05) is 23.3 Å². The van der Waals surface area contributed by atoms with Crippen LogP contribution in [0.3, 0.4) is 0 Å². The van der Waals surface area contributed by atoms with Gasteiger partial charge in [0.1, 0.15) is 16.5 Å². The average Bonchev–Trinajstić information content (AvgIpc) is 2.48. The van der Waals surface area contributed by atoms with Gasteiger partial charge >= 0.3 is 5.97 Å². The minimum Gasteiger partial charge on any atom is -0.598 e. The first kappa shape index (κ1) is 21.7. The summed E-state index contributed by atoms with van der Waals surface area (Å²) < 4.78 is 69.9. The van der Waals surface area contributed by atoms with Gasteiger partial charge in [-0.15, -0.1) is 4.72 Å². The topological polar surface area (TPSA) is 72.4 Å². The monoisotopic (exact) mass is 383 g/mol. The van der Waals surface area contributed by atoms with Crippen molar-refractivity contribution in [1.29, 1.82) is 0 Å². The number of halogens is 4. The number of aliphatic carboxylic acids is 1. The van der Waals surface area contributed by atoms with E-state index in [2.05, 4.69) is 4.72 Å². The second kappa shape index (κ2) is 7.92. The van der Waals surface area contributed by atoms with Crippen LogP contribution in [-0.4, -0.2) is 32.7 Å². The standard InChI is InChI=1S/C16H21F4NO3S/c1-15(2,3)25(24)21-16(4,12(19)8-11(18)14(22)23)9-6-5-7-10(17)13(9)20/h5-7,11-12,21H,8H2,1-4H3,(H,22,23)/t11-,12+,16-,25?/m1/s1. The molecule has 2 N–H and O–H groups in total. The fourth-order valence-electron chi connectivity index (χ4n) is 2.06. The number of carbonyl (C=O) groups is 1. The molecule has 1 rings (SSSR count). The first-order chi connectivity index (χ1) is 11.3. The number of benzene rings is 1. The number of alkyl halides is 2. The summed E-state index contributed by atoms with van der Waals surface area (Å²) in [5.74, 6) is -4.51. The van der Waals surface area contributed by atoms with Crippen LogP contribution >= 0.6 is 0 Å². The van der Waals surface area contributed by atoms with E-state index in [9.17, 15) is 26.9 Å². The summed E-state index contributed by atoms with van der Waals surface area (Å²) in [7, 11) is 0. The number of carboxylic acid groups (broad SMARTS) is 1. The second-order valence-corrected chi connectivity index (χ2v) is 8.76. The maximum Gasteiger partial charge on any atom is 0.338 e. The van der Waals surface area contributed by atoms with Gasteiger partial charge in [0.25, 0.3) is 0 Å². The van der Waals surface area contributed by atoms with Crippen molar-refractivity contribution in [2.75, 3.05) is 0 Å². The minimum absolute atomic E-state index is 0.504. The van der Waals surface area contributed by atoms with Crippen molar-refractivity contribution in [3.8, 4) is 0 Å². The molecule has 0 saturated carbocycles. The third-order valence-electron chi connectivity index (χ3n) is 3.68. The molecule has 0 aliphatic heterocycles. The summed E-state index contributed by atoms with van der Waals surface area (Å²) >= 11 is -1.92. The number of hydrogen-bond donors (Lipinski definition) is 2. The number of carboxylic acids is 1. The van der Waals surface area contributed by atoms with Gasteiger partial charge in [-0.1, -0.05) is 12.1 Å². The Morgan fingerprint density at radius 1 is 1.28 bits per heavy atom. The molecule has 0 spiro atoms. The lowest BCUT2D eigenvalue weighted by atomic mass is 9.85. The fourth-order valence-corrected chi connectivity index (χ4v) is 2.99. The molecule has 0 bridgehead atoms. The van der Waals surface area contributed by atoms with Crippen LogP contribution in [-0.2, 0) is 21.7 Å². The quantitative estimate of drug-likeness (QED) is 0.559. The largest absolute Gasteiger partial charge is 0.598 e. The highest BCUT2D eigenvalue weighted by atomic mass is 32.2. The van der Waals surface area contributed by atoms with Gasteiger partial charge in [0.15, 0.2) is 17.8 Å². The zero-order valence-corrected chi connectivity index (χ0v) is 15.1. The normalized spacial score (nSPS) is 18.3. The molecule has 0 amide bonds.